The molecule has 2 heterocycles. The van der Waals surface area contributed by atoms with Gasteiger partial charge >= 0.3 is 6.09 Å². The summed E-state index contributed by atoms with van der Waals surface area (Å²) in [6.45, 7) is 9.05. The Hall–Kier alpha value is -1.58. The first-order chi connectivity index (χ1) is 8.85. The maximum Gasteiger partial charge on any atom is 0.410 e. The van der Waals surface area contributed by atoms with Crippen molar-refractivity contribution in [2.75, 3.05) is 13.1 Å². The number of rotatable bonds is 0. The van der Waals surface area contributed by atoms with Gasteiger partial charge in [0.2, 0.25) is 0 Å². The molecule has 1 aliphatic rings. The van der Waals surface area contributed by atoms with Crippen molar-refractivity contribution in [3.05, 3.63) is 29.1 Å². The molecule has 1 aromatic heterocycles. The normalized spacial score (nSPS) is 15.7. The third kappa shape index (κ3) is 3.69. The Kier molecular flexibility index (Phi) is 3.78. The van der Waals surface area contributed by atoms with E-state index in [4.69, 9.17) is 4.74 Å². The van der Waals surface area contributed by atoms with Gasteiger partial charge in [0.15, 0.2) is 0 Å². The van der Waals surface area contributed by atoms with Crippen molar-refractivity contribution in [1.29, 1.82) is 0 Å². The van der Waals surface area contributed by atoms with Crippen LogP contribution in [-0.4, -0.2) is 34.7 Å². The molecule has 1 aliphatic heterocycles. The summed E-state index contributed by atoms with van der Waals surface area (Å²) in [5, 5.41) is 0. The average Bonchev–Trinajstić information content (AvgIpc) is 2.48. The van der Waals surface area contributed by atoms with E-state index in [0.29, 0.717) is 13.1 Å². The molecule has 4 nitrogen and oxygen atoms in total. The predicted octanol–water partition coefficient (Wildman–Crippen LogP) is 2.73. The van der Waals surface area contributed by atoms with E-state index in [-0.39, 0.29) is 6.09 Å². The van der Waals surface area contributed by atoms with Crippen LogP contribution in [0.25, 0.3) is 0 Å². The molecule has 2 rings (SSSR count). The van der Waals surface area contributed by atoms with Gasteiger partial charge in [-0.15, -0.1) is 0 Å². The Labute approximate surface area is 114 Å². The molecule has 0 atom stereocenters. The number of carbonyl (C=O) groups excluding carboxylic acids is 1. The molecule has 104 valence electrons. The molecule has 0 radical (unpaired) electrons. The van der Waals surface area contributed by atoms with Gasteiger partial charge in [0, 0.05) is 30.9 Å². The summed E-state index contributed by atoms with van der Waals surface area (Å²) < 4.78 is 5.42. The van der Waals surface area contributed by atoms with Gasteiger partial charge in [0.05, 0.1) is 0 Å². The average molecular weight is 262 g/mol. The highest BCUT2D eigenvalue weighted by molar-refractivity contribution is 5.68. The van der Waals surface area contributed by atoms with E-state index in [1.54, 1.807) is 4.90 Å². The summed E-state index contributed by atoms with van der Waals surface area (Å²) in [6.07, 6.45) is 1.43. The van der Waals surface area contributed by atoms with E-state index in [2.05, 4.69) is 11.1 Å². The Morgan fingerprint density at radius 1 is 1.26 bits per heavy atom. The molecular formula is C15H22N2O2. The molecule has 0 spiro atoms. The summed E-state index contributed by atoms with van der Waals surface area (Å²) in [6, 6.07) is 4.15. The van der Waals surface area contributed by atoms with E-state index in [0.717, 1.165) is 24.2 Å². The zero-order chi connectivity index (χ0) is 14.0. The Morgan fingerprint density at radius 2 is 1.95 bits per heavy atom. The fraction of sp³-hybridized carbons (Fsp3) is 0.600. The van der Waals surface area contributed by atoms with Crippen LogP contribution in [-0.2, 0) is 17.6 Å². The highest BCUT2D eigenvalue weighted by Gasteiger charge is 2.24. The van der Waals surface area contributed by atoms with Gasteiger partial charge in [0.1, 0.15) is 5.60 Å². The van der Waals surface area contributed by atoms with Gasteiger partial charge in [-0.1, -0.05) is 6.07 Å². The summed E-state index contributed by atoms with van der Waals surface area (Å²) in [7, 11) is 0. The lowest BCUT2D eigenvalue weighted by molar-refractivity contribution is 0.0258. The molecule has 4 heteroatoms. The van der Waals surface area contributed by atoms with Crippen molar-refractivity contribution in [3.8, 4) is 0 Å². The quantitative estimate of drug-likeness (QED) is 0.722. The molecular weight excluding hydrogens is 240 g/mol. The number of nitrogens with zero attached hydrogens (tertiary/aromatic N) is 2. The van der Waals surface area contributed by atoms with E-state index in [1.807, 2.05) is 33.8 Å². The lowest BCUT2D eigenvalue weighted by atomic mass is 10.1. The van der Waals surface area contributed by atoms with Crippen molar-refractivity contribution in [1.82, 2.24) is 9.88 Å². The van der Waals surface area contributed by atoms with E-state index in [9.17, 15) is 4.79 Å². The van der Waals surface area contributed by atoms with E-state index in [1.165, 1.54) is 5.56 Å². The first-order valence-electron chi connectivity index (χ1n) is 6.78. The minimum absolute atomic E-state index is 0.225. The lowest BCUT2D eigenvalue weighted by Gasteiger charge is -2.26. The van der Waals surface area contributed by atoms with Gasteiger partial charge < -0.3 is 9.64 Å². The molecule has 0 N–H and O–H groups in total. The minimum atomic E-state index is -0.439. The minimum Gasteiger partial charge on any atom is -0.444 e. The fourth-order valence-electron chi connectivity index (χ4n) is 2.20. The molecule has 1 amide bonds. The van der Waals surface area contributed by atoms with Gasteiger partial charge in [-0.2, -0.15) is 0 Å². The molecule has 0 aromatic carbocycles. The third-order valence-electron chi connectivity index (χ3n) is 3.13. The number of aromatic nitrogens is 1. The Morgan fingerprint density at radius 3 is 2.63 bits per heavy atom. The van der Waals surface area contributed by atoms with Crippen LogP contribution in [0, 0.1) is 6.92 Å². The molecule has 19 heavy (non-hydrogen) atoms. The van der Waals surface area contributed by atoms with E-state index >= 15 is 0 Å². The number of fused-ring (bicyclic) bond motifs is 1. The fourth-order valence-corrected chi connectivity index (χ4v) is 2.20. The second-order valence-corrected chi connectivity index (χ2v) is 6.03. The lowest BCUT2D eigenvalue weighted by Crippen LogP contribution is -2.38. The maximum absolute atomic E-state index is 12.1. The van der Waals surface area contributed by atoms with Crippen LogP contribution in [0.2, 0.25) is 0 Å². The van der Waals surface area contributed by atoms with Crippen LogP contribution < -0.4 is 0 Å². The third-order valence-corrected chi connectivity index (χ3v) is 3.13. The summed E-state index contributed by atoms with van der Waals surface area (Å²) in [5.41, 5.74) is 2.96. The Balaban J connectivity index is 2.05. The number of carbonyl (C=O) groups is 1. The number of ether oxygens (including phenoxy) is 1. The van der Waals surface area contributed by atoms with Crippen LogP contribution in [0.1, 0.15) is 37.7 Å². The van der Waals surface area contributed by atoms with Crippen LogP contribution in [0.3, 0.4) is 0 Å². The standard InChI is InChI=1S/C15H22N2O2/c1-11-5-6-12-7-9-17(10-8-13(12)16-11)14(18)19-15(2,3)4/h5-6H,7-10H2,1-4H3. The van der Waals surface area contributed by atoms with Crippen molar-refractivity contribution in [2.24, 2.45) is 0 Å². The number of amides is 1. The zero-order valence-electron chi connectivity index (χ0n) is 12.2. The van der Waals surface area contributed by atoms with Crippen molar-refractivity contribution in [3.63, 3.8) is 0 Å². The topological polar surface area (TPSA) is 42.4 Å². The second kappa shape index (κ2) is 5.19. The van der Waals surface area contributed by atoms with E-state index < -0.39 is 5.60 Å². The highest BCUT2D eigenvalue weighted by Crippen LogP contribution is 2.17. The van der Waals surface area contributed by atoms with Gasteiger partial charge in [-0.3, -0.25) is 4.98 Å². The molecule has 0 fully saturated rings. The molecule has 0 saturated carbocycles. The van der Waals surface area contributed by atoms with Gasteiger partial charge in [0.25, 0.3) is 0 Å². The van der Waals surface area contributed by atoms with Crippen molar-refractivity contribution in [2.45, 2.75) is 46.1 Å². The molecule has 0 saturated heterocycles. The van der Waals surface area contributed by atoms with Crippen LogP contribution in [0.4, 0.5) is 4.79 Å². The molecule has 0 aliphatic carbocycles. The SMILES string of the molecule is Cc1ccc2c(n1)CCN(C(=O)OC(C)(C)C)CC2. The van der Waals surface area contributed by atoms with Crippen molar-refractivity contribution < 1.29 is 9.53 Å². The number of aryl methyl sites for hydroxylation is 1. The van der Waals surface area contributed by atoms with Crippen LogP contribution >= 0.6 is 0 Å². The maximum atomic E-state index is 12.1. The van der Waals surface area contributed by atoms with Crippen molar-refractivity contribution >= 4 is 6.09 Å². The Bertz CT molecular complexity index is 478. The number of hydrogen-bond donors (Lipinski definition) is 0. The highest BCUT2D eigenvalue weighted by atomic mass is 16.6. The summed E-state index contributed by atoms with van der Waals surface area (Å²) in [5.74, 6) is 0. The summed E-state index contributed by atoms with van der Waals surface area (Å²) >= 11 is 0. The summed E-state index contributed by atoms with van der Waals surface area (Å²) in [4.78, 5) is 18.4. The largest absolute Gasteiger partial charge is 0.444 e. The smallest absolute Gasteiger partial charge is 0.410 e. The van der Waals surface area contributed by atoms with Gasteiger partial charge in [-0.25, -0.2) is 4.79 Å². The second-order valence-electron chi connectivity index (χ2n) is 6.03. The van der Waals surface area contributed by atoms with Gasteiger partial charge in [-0.05, 0) is 45.7 Å². The first-order valence-corrected chi connectivity index (χ1v) is 6.78. The molecule has 0 bridgehead atoms. The zero-order valence-corrected chi connectivity index (χ0v) is 12.2. The molecule has 0 unspecified atom stereocenters. The number of pyridine rings is 1. The predicted molar refractivity (Wildman–Crippen MR) is 74.2 cm³/mol. The van der Waals surface area contributed by atoms with Crippen LogP contribution in [0.15, 0.2) is 12.1 Å². The van der Waals surface area contributed by atoms with Crippen LogP contribution in [0.5, 0.6) is 0 Å². The first kappa shape index (κ1) is 13.8. The number of hydrogen-bond acceptors (Lipinski definition) is 3. The monoisotopic (exact) mass is 262 g/mol. The molecule has 1 aromatic rings.